The lowest BCUT2D eigenvalue weighted by atomic mass is 9.95. The summed E-state index contributed by atoms with van der Waals surface area (Å²) in [5.41, 5.74) is 3.33. The molecule has 1 atom stereocenters. The van der Waals surface area contributed by atoms with Gasteiger partial charge in [-0.05, 0) is 36.9 Å². The molecule has 2 heterocycles. The van der Waals surface area contributed by atoms with Gasteiger partial charge < -0.3 is 9.73 Å². The molecule has 2 N–H and O–H groups in total. The van der Waals surface area contributed by atoms with Crippen LogP contribution in [0.15, 0.2) is 51.8 Å². The largest absolute Gasteiger partial charge is 0.417 e. The zero-order chi connectivity index (χ0) is 13.9. The van der Waals surface area contributed by atoms with E-state index in [0.717, 1.165) is 17.8 Å². The van der Waals surface area contributed by atoms with Crippen LogP contribution in [0.2, 0.25) is 0 Å². The monoisotopic (exact) mass is 269 g/mol. The van der Waals surface area contributed by atoms with E-state index in [4.69, 9.17) is 4.42 Å². The van der Waals surface area contributed by atoms with Crippen LogP contribution in [-0.2, 0) is 0 Å². The maximum Gasteiger partial charge on any atom is 0.417 e. The second kappa shape index (κ2) is 5.30. The standard InChI is InChI=1S/C15H15N3O2/c1-16-9-11(12-4-2-3-7-17-12)10-5-6-13-14(8-10)20-15(19)18-13/h2-8,11,16H,9H2,1H3,(H,18,19). The molecule has 0 aliphatic carbocycles. The van der Waals surface area contributed by atoms with Gasteiger partial charge in [0, 0.05) is 24.4 Å². The molecular weight excluding hydrogens is 254 g/mol. The number of oxazole rings is 1. The van der Waals surface area contributed by atoms with Crippen molar-refractivity contribution in [2.45, 2.75) is 5.92 Å². The molecule has 1 aromatic carbocycles. The van der Waals surface area contributed by atoms with Crippen LogP contribution < -0.4 is 11.1 Å². The van der Waals surface area contributed by atoms with Gasteiger partial charge >= 0.3 is 5.76 Å². The first-order valence-corrected chi connectivity index (χ1v) is 6.46. The van der Waals surface area contributed by atoms with Gasteiger partial charge in [-0.3, -0.25) is 9.97 Å². The van der Waals surface area contributed by atoms with Crippen molar-refractivity contribution in [1.29, 1.82) is 0 Å². The number of aromatic nitrogens is 2. The summed E-state index contributed by atoms with van der Waals surface area (Å²) in [6, 6.07) is 11.6. The molecule has 0 aliphatic heterocycles. The molecule has 3 aromatic rings. The van der Waals surface area contributed by atoms with Crippen LogP contribution in [-0.4, -0.2) is 23.6 Å². The molecule has 102 valence electrons. The smallest absolute Gasteiger partial charge is 0.408 e. The zero-order valence-electron chi connectivity index (χ0n) is 11.1. The summed E-state index contributed by atoms with van der Waals surface area (Å²) in [5, 5.41) is 3.18. The average Bonchev–Trinajstić information content (AvgIpc) is 2.84. The number of aromatic amines is 1. The van der Waals surface area contributed by atoms with Gasteiger partial charge in [0.25, 0.3) is 0 Å². The first kappa shape index (κ1) is 12.6. The molecule has 0 spiro atoms. The Kier molecular flexibility index (Phi) is 3.35. The van der Waals surface area contributed by atoms with E-state index < -0.39 is 5.76 Å². The van der Waals surface area contributed by atoms with E-state index in [1.165, 1.54) is 0 Å². The highest BCUT2D eigenvalue weighted by molar-refractivity contribution is 5.73. The van der Waals surface area contributed by atoms with E-state index in [1.54, 1.807) is 6.20 Å². The maximum absolute atomic E-state index is 11.2. The van der Waals surface area contributed by atoms with Crippen molar-refractivity contribution in [2.24, 2.45) is 0 Å². The van der Waals surface area contributed by atoms with Crippen LogP contribution in [0.3, 0.4) is 0 Å². The molecule has 0 amide bonds. The van der Waals surface area contributed by atoms with Gasteiger partial charge in [0.15, 0.2) is 5.58 Å². The molecule has 0 radical (unpaired) electrons. The molecule has 0 fully saturated rings. The van der Waals surface area contributed by atoms with Crippen LogP contribution >= 0.6 is 0 Å². The highest BCUT2D eigenvalue weighted by atomic mass is 16.4. The molecule has 20 heavy (non-hydrogen) atoms. The van der Waals surface area contributed by atoms with Gasteiger partial charge in [-0.15, -0.1) is 0 Å². The first-order chi connectivity index (χ1) is 9.78. The van der Waals surface area contributed by atoms with Gasteiger partial charge in [-0.1, -0.05) is 12.1 Å². The van der Waals surface area contributed by atoms with Crippen molar-refractivity contribution < 1.29 is 4.42 Å². The Hall–Kier alpha value is -2.40. The number of likely N-dealkylation sites (N-methyl/N-ethyl adjacent to an activating group) is 1. The lowest BCUT2D eigenvalue weighted by Gasteiger charge is -2.16. The number of fused-ring (bicyclic) bond motifs is 1. The van der Waals surface area contributed by atoms with Gasteiger partial charge in [0.2, 0.25) is 0 Å². The molecular formula is C15H15N3O2. The third kappa shape index (κ3) is 2.35. The predicted octanol–water partition coefficient (Wildman–Crippen LogP) is 1.87. The molecule has 1 unspecified atom stereocenters. The van der Waals surface area contributed by atoms with Gasteiger partial charge in [-0.25, -0.2) is 4.79 Å². The Morgan fingerprint density at radius 1 is 1.35 bits per heavy atom. The van der Waals surface area contributed by atoms with Crippen molar-refractivity contribution >= 4 is 11.1 Å². The third-order valence-electron chi connectivity index (χ3n) is 3.30. The lowest BCUT2D eigenvalue weighted by molar-refractivity contribution is 0.554. The lowest BCUT2D eigenvalue weighted by Crippen LogP contribution is -2.19. The van der Waals surface area contributed by atoms with E-state index in [0.29, 0.717) is 11.1 Å². The van der Waals surface area contributed by atoms with E-state index >= 15 is 0 Å². The summed E-state index contributed by atoms with van der Waals surface area (Å²) in [6.45, 7) is 0.761. The molecule has 5 heteroatoms. The number of hydrogen-bond donors (Lipinski definition) is 2. The number of benzene rings is 1. The van der Waals surface area contributed by atoms with Crippen LogP contribution in [0.1, 0.15) is 17.2 Å². The third-order valence-corrected chi connectivity index (χ3v) is 3.30. The number of nitrogens with one attached hydrogen (secondary N) is 2. The summed E-state index contributed by atoms with van der Waals surface area (Å²) in [4.78, 5) is 18.3. The van der Waals surface area contributed by atoms with Crippen LogP contribution in [0.25, 0.3) is 11.1 Å². The summed E-state index contributed by atoms with van der Waals surface area (Å²) in [7, 11) is 1.91. The van der Waals surface area contributed by atoms with E-state index in [2.05, 4.69) is 15.3 Å². The van der Waals surface area contributed by atoms with Crippen LogP contribution in [0.5, 0.6) is 0 Å². The highest BCUT2D eigenvalue weighted by Crippen LogP contribution is 2.25. The fourth-order valence-electron chi connectivity index (χ4n) is 2.36. The SMILES string of the molecule is CNCC(c1ccc2[nH]c(=O)oc2c1)c1ccccn1. The molecule has 0 saturated carbocycles. The second-order valence-corrected chi connectivity index (χ2v) is 4.63. The van der Waals surface area contributed by atoms with Crippen LogP contribution in [0.4, 0.5) is 0 Å². The van der Waals surface area contributed by atoms with Crippen molar-refractivity contribution in [2.75, 3.05) is 13.6 Å². The number of H-pyrrole nitrogens is 1. The summed E-state index contributed by atoms with van der Waals surface area (Å²) < 4.78 is 5.12. The Bertz CT molecular complexity index is 761. The normalized spacial score (nSPS) is 12.7. The number of hydrogen-bond acceptors (Lipinski definition) is 4. The Morgan fingerprint density at radius 2 is 2.25 bits per heavy atom. The van der Waals surface area contributed by atoms with Crippen molar-refractivity contribution in [3.8, 4) is 0 Å². The topological polar surface area (TPSA) is 70.9 Å². The molecule has 0 aliphatic rings. The van der Waals surface area contributed by atoms with Gasteiger partial charge in [-0.2, -0.15) is 0 Å². The van der Waals surface area contributed by atoms with E-state index in [9.17, 15) is 4.79 Å². The fourth-order valence-corrected chi connectivity index (χ4v) is 2.36. The first-order valence-electron chi connectivity index (χ1n) is 6.46. The Morgan fingerprint density at radius 3 is 3.00 bits per heavy atom. The minimum Gasteiger partial charge on any atom is -0.408 e. The van der Waals surface area contributed by atoms with E-state index in [-0.39, 0.29) is 5.92 Å². The number of pyridine rings is 1. The fraction of sp³-hybridized carbons (Fsp3) is 0.200. The van der Waals surface area contributed by atoms with Crippen molar-refractivity contribution in [3.63, 3.8) is 0 Å². The quantitative estimate of drug-likeness (QED) is 0.758. The number of nitrogens with zero attached hydrogens (tertiary/aromatic N) is 1. The Labute approximate surface area is 115 Å². The minimum atomic E-state index is -0.430. The van der Waals surface area contributed by atoms with Crippen LogP contribution in [0, 0.1) is 0 Å². The zero-order valence-corrected chi connectivity index (χ0v) is 11.1. The number of rotatable bonds is 4. The molecule has 0 bridgehead atoms. The van der Waals surface area contributed by atoms with Crippen molar-refractivity contribution in [3.05, 3.63) is 64.4 Å². The summed E-state index contributed by atoms with van der Waals surface area (Å²) >= 11 is 0. The highest BCUT2D eigenvalue weighted by Gasteiger charge is 2.16. The molecule has 5 nitrogen and oxygen atoms in total. The summed E-state index contributed by atoms with van der Waals surface area (Å²) in [6.07, 6.45) is 1.78. The molecule has 3 rings (SSSR count). The molecule has 2 aromatic heterocycles. The minimum absolute atomic E-state index is 0.116. The van der Waals surface area contributed by atoms with Gasteiger partial charge in [0.05, 0.1) is 5.52 Å². The second-order valence-electron chi connectivity index (χ2n) is 4.63. The van der Waals surface area contributed by atoms with E-state index in [1.807, 2.05) is 43.4 Å². The maximum atomic E-state index is 11.2. The molecule has 0 saturated heterocycles. The Balaban J connectivity index is 2.07. The van der Waals surface area contributed by atoms with Crippen molar-refractivity contribution in [1.82, 2.24) is 15.3 Å². The van der Waals surface area contributed by atoms with Gasteiger partial charge in [0.1, 0.15) is 0 Å². The average molecular weight is 269 g/mol. The summed E-state index contributed by atoms with van der Waals surface area (Å²) in [5.74, 6) is -0.314. The predicted molar refractivity (Wildman–Crippen MR) is 76.8 cm³/mol.